The molecule has 3 nitrogen and oxygen atoms in total. The summed E-state index contributed by atoms with van der Waals surface area (Å²) in [5.41, 5.74) is 1.23. The van der Waals surface area contributed by atoms with Crippen molar-refractivity contribution in [1.82, 2.24) is 15.3 Å². The molecule has 0 aromatic carbocycles. The smallest absolute Gasteiger partial charge is 0.123 e. The Labute approximate surface area is 92.0 Å². The number of aromatic nitrogens is 2. The Morgan fingerprint density at radius 3 is 3.00 bits per heavy atom. The maximum absolute atomic E-state index is 4.30. The van der Waals surface area contributed by atoms with E-state index in [1.807, 2.05) is 6.20 Å². The minimum atomic E-state index is 0.330. The fourth-order valence-corrected chi connectivity index (χ4v) is 1.51. The maximum Gasteiger partial charge on any atom is 0.123 e. The molecule has 0 amide bonds. The predicted octanol–water partition coefficient (Wildman–Crippen LogP) is 2.81. The monoisotopic (exact) mass is 207 g/mol. The van der Waals surface area contributed by atoms with E-state index in [1.54, 1.807) is 6.20 Å². The van der Waals surface area contributed by atoms with Crippen LogP contribution in [-0.4, -0.2) is 16.5 Å². The normalized spacial score (nSPS) is 12.7. The Morgan fingerprint density at radius 1 is 1.67 bits per heavy atom. The molecule has 0 saturated carbocycles. The molecular formula is C12H21N3. The lowest BCUT2D eigenvalue weighted by atomic mass is 10.1. The average molecular weight is 207 g/mol. The molecule has 2 N–H and O–H groups in total. The Bertz CT molecular complexity index is 277. The third kappa shape index (κ3) is 4.30. The minimum Gasteiger partial charge on any atom is -0.347 e. The highest BCUT2D eigenvalue weighted by molar-refractivity contribution is 4.98. The lowest BCUT2D eigenvalue weighted by molar-refractivity contribution is 0.480. The second-order valence-corrected chi connectivity index (χ2v) is 3.98. The number of nitrogens with zero attached hydrogens (tertiary/aromatic N) is 1. The van der Waals surface area contributed by atoms with Crippen LogP contribution in [0, 0.1) is 0 Å². The van der Waals surface area contributed by atoms with Gasteiger partial charge in [-0.2, -0.15) is 0 Å². The van der Waals surface area contributed by atoms with Gasteiger partial charge in [0.2, 0.25) is 0 Å². The summed E-state index contributed by atoms with van der Waals surface area (Å²) in [6, 6.07) is 0.330. The number of hydrogen-bond acceptors (Lipinski definition) is 2. The predicted molar refractivity (Wildman–Crippen MR) is 63.7 cm³/mol. The van der Waals surface area contributed by atoms with Crippen molar-refractivity contribution < 1.29 is 0 Å². The first kappa shape index (κ1) is 12.0. The summed E-state index contributed by atoms with van der Waals surface area (Å²) < 4.78 is 0. The van der Waals surface area contributed by atoms with Crippen LogP contribution in [0.3, 0.4) is 0 Å². The molecule has 1 aromatic heterocycles. The molecule has 0 aliphatic rings. The molecule has 1 atom stereocenters. The van der Waals surface area contributed by atoms with Crippen LogP contribution in [0.15, 0.2) is 24.5 Å². The molecule has 1 rings (SSSR count). The molecule has 0 saturated heterocycles. The van der Waals surface area contributed by atoms with Crippen LogP contribution in [0.4, 0.5) is 0 Å². The maximum atomic E-state index is 4.30. The van der Waals surface area contributed by atoms with Gasteiger partial charge in [-0.1, -0.05) is 12.5 Å². The van der Waals surface area contributed by atoms with Gasteiger partial charge in [-0.15, -0.1) is 6.58 Å². The number of allylic oxidation sites excluding steroid dienone is 1. The molecule has 84 valence electrons. The Balaban J connectivity index is 2.49. The Hall–Kier alpha value is -1.09. The molecule has 1 aromatic rings. The summed E-state index contributed by atoms with van der Waals surface area (Å²) in [7, 11) is 0. The number of nitrogens with one attached hydrogen (secondary N) is 2. The van der Waals surface area contributed by atoms with Crippen molar-refractivity contribution in [3.8, 4) is 0 Å². The number of imidazole rings is 1. The zero-order chi connectivity index (χ0) is 11.1. The highest BCUT2D eigenvalue weighted by Gasteiger charge is 2.12. The number of rotatable bonds is 7. The van der Waals surface area contributed by atoms with E-state index in [0.29, 0.717) is 6.04 Å². The molecule has 3 heteroatoms. The highest BCUT2D eigenvalue weighted by atomic mass is 15.0. The van der Waals surface area contributed by atoms with Gasteiger partial charge in [-0.3, -0.25) is 0 Å². The lowest BCUT2D eigenvalue weighted by Crippen LogP contribution is -2.23. The van der Waals surface area contributed by atoms with Gasteiger partial charge in [0.25, 0.3) is 0 Å². The van der Waals surface area contributed by atoms with E-state index < -0.39 is 0 Å². The third-order valence-corrected chi connectivity index (χ3v) is 2.35. The van der Waals surface area contributed by atoms with E-state index in [2.05, 4.69) is 35.7 Å². The SMILES string of the molecule is C=C(C)CCC(NCCC)c1ncc[nH]1. The molecule has 0 aliphatic heterocycles. The molecule has 0 bridgehead atoms. The van der Waals surface area contributed by atoms with Crippen LogP contribution in [0.1, 0.15) is 45.0 Å². The summed E-state index contributed by atoms with van der Waals surface area (Å²) >= 11 is 0. The van der Waals surface area contributed by atoms with Crippen LogP contribution >= 0.6 is 0 Å². The van der Waals surface area contributed by atoms with E-state index in [0.717, 1.165) is 31.6 Å². The van der Waals surface area contributed by atoms with Gasteiger partial charge in [-0.25, -0.2) is 4.98 Å². The average Bonchev–Trinajstić information content (AvgIpc) is 2.71. The van der Waals surface area contributed by atoms with Gasteiger partial charge in [0.15, 0.2) is 0 Å². The molecule has 0 radical (unpaired) electrons. The van der Waals surface area contributed by atoms with Crippen LogP contribution in [0.25, 0.3) is 0 Å². The van der Waals surface area contributed by atoms with E-state index >= 15 is 0 Å². The van der Waals surface area contributed by atoms with E-state index in [9.17, 15) is 0 Å². The second-order valence-electron chi connectivity index (χ2n) is 3.98. The van der Waals surface area contributed by atoms with E-state index in [4.69, 9.17) is 0 Å². The first-order valence-electron chi connectivity index (χ1n) is 5.61. The van der Waals surface area contributed by atoms with Gasteiger partial charge >= 0.3 is 0 Å². The lowest BCUT2D eigenvalue weighted by Gasteiger charge is -2.16. The summed E-state index contributed by atoms with van der Waals surface area (Å²) in [5, 5.41) is 3.49. The van der Waals surface area contributed by atoms with Crippen molar-refractivity contribution in [2.75, 3.05) is 6.54 Å². The topological polar surface area (TPSA) is 40.7 Å². The molecular weight excluding hydrogens is 186 g/mol. The van der Waals surface area contributed by atoms with Crippen LogP contribution in [0.2, 0.25) is 0 Å². The van der Waals surface area contributed by atoms with Crippen molar-refractivity contribution in [3.05, 3.63) is 30.4 Å². The summed E-state index contributed by atoms with van der Waals surface area (Å²) in [5.74, 6) is 1.03. The highest BCUT2D eigenvalue weighted by Crippen LogP contribution is 2.16. The molecule has 0 fully saturated rings. The van der Waals surface area contributed by atoms with Gasteiger partial charge in [0.1, 0.15) is 5.82 Å². The van der Waals surface area contributed by atoms with Crippen LogP contribution in [0.5, 0.6) is 0 Å². The second kappa shape index (κ2) is 6.40. The van der Waals surface area contributed by atoms with Gasteiger partial charge < -0.3 is 10.3 Å². The first-order valence-corrected chi connectivity index (χ1v) is 5.61. The summed E-state index contributed by atoms with van der Waals surface area (Å²) in [6.07, 6.45) is 6.92. The minimum absolute atomic E-state index is 0.330. The van der Waals surface area contributed by atoms with Crippen molar-refractivity contribution >= 4 is 0 Å². The zero-order valence-corrected chi connectivity index (χ0v) is 9.71. The van der Waals surface area contributed by atoms with Crippen molar-refractivity contribution in [2.45, 2.75) is 39.2 Å². The van der Waals surface area contributed by atoms with Crippen molar-refractivity contribution in [1.29, 1.82) is 0 Å². The largest absolute Gasteiger partial charge is 0.347 e. The third-order valence-electron chi connectivity index (χ3n) is 2.35. The van der Waals surface area contributed by atoms with E-state index in [1.165, 1.54) is 5.57 Å². The van der Waals surface area contributed by atoms with Crippen molar-refractivity contribution in [3.63, 3.8) is 0 Å². The van der Waals surface area contributed by atoms with Gasteiger partial charge in [-0.05, 0) is 32.7 Å². The van der Waals surface area contributed by atoms with Gasteiger partial charge in [0, 0.05) is 12.4 Å². The first-order chi connectivity index (χ1) is 7.24. The standard InChI is InChI=1S/C12H21N3/c1-4-7-13-11(6-5-10(2)3)12-14-8-9-15-12/h8-9,11,13H,2,4-7H2,1,3H3,(H,14,15). The number of hydrogen-bond donors (Lipinski definition) is 2. The molecule has 0 spiro atoms. The van der Waals surface area contributed by atoms with Gasteiger partial charge in [0.05, 0.1) is 6.04 Å². The fourth-order valence-electron chi connectivity index (χ4n) is 1.51. The summed E-state index contributed by atoms with van der Waals surface area (Å²) in [6.45, 7) is 9.20. The zero-order valence-electron chi connectivity index (χ0n) is 9.71. The number of H-pyrrole nitrogens is 1. The molecule has 1 heterocycles. The molecule has 0 aliphatic carbocycles. The quantitative estimate of drug-likeness (QED) is 0.675. The van der Waals surface area contributed by atoms with E-state index in [-0.39, 0.29) is 0 Å². The molecule has 1 unspecified atom stereocenters. The fraction of sp³-hybridized carbons (Fsp3) is 0.583. The Kier molecular flexibility index (Phi) is 5.12. The van der Waals surface area contributed by atoms with Crippen LogP contribution in [-0.2, 0) is 0 Å². The Morgan fingerprint density at radius 2 is 2.47 bits per heavy atom. The summed E-state index contributed by atoms with van der Waals surface area (Å²) in [4.78, 5) is 7.47. The van der Waals surface area contributed by atoms with Crippen LogP contribution < -0.4 is 5.32 Å². The number of aromatic amines is 1. The van der Waals surface area contributed by atoms with Crippen molar-refractivity contribution in [2.24, 2.45) is 0 Å². The molecule has 15 heavy (non-hydrogen) atoms.